The molecular formula is C14H18FNO2. The first-order valence-electron chi connectivity index (χ1n) is 6.35. The van der Waals surface area contributed by atoms with Crippen LogP contribution in [-0.2, 0) is 9.53 Å². The summed E-state index contributed by atoms with van der Waals surface area (Å²) >= 11 is 0. The second-order valence-electron chi connectivity index (χ2n) is 4.48. The molecule has 0 bridgehead atoms. The van der Waals surface area contributed by atoms with Crippen LogP contribution in [0.25, 0.3) is 0 Å². The lowest BCUT2D eigenvalue weighted by atomic mass is 10.0. The maximum absolute atomic E-state index is 12.9. The minimum Gasteiger partial charge on any atom is -0.377 e. The van der Waals surface area contributed by atoms with E-state index in [1.54, 1.807) is 12.1 Å². The van der Waals surface area contributed by atoms with Gasteiger partial charge in [-0.3, -0.25) is 4.79 Å². The van der Waals surface area contributed by atoms with Crippen molar-refractivity contribution >= 4 is 5.91 Å². The molecule has 2 rings (SSSR count). The summed E-state index contributed by atoms with van der Waals surface area (Å²) in [5, 5.41) is 0. The number of carbonyl (C=O) groups is 1. The number of ether oxygens (including phenoxy) is 1. The number of benzene rings is 1. The molecule has 0 aliphatic carbocycles. The van der Waals surface area contributed by atoms with Crippen molar-refractivity contribution in [1.29, 1.82) is 0 Å². The van der Waals surface area contributed by atoms with Crippen LogP contribution in [0.5, 0.6) is 0 Å². The third kappa shape index (κ3) is 2.88. The Hall–Kier alpha value is -1.42. The largest absolute Gasteiger partial charge is 0.377 e. The van der Waals surface area contributed by atoms with Gasteiger partial charge in [0.1, 0.15) is 5.82 Å². The van der Waals surface area contributed by atoms with Crippen molar-refractivity contribution in [3.63, 3.8) is 0 Å². The van der Waals surface area contributed by atoms with Crippen molar-refractivity contribution < 1.29 is 13.9 Å². The molecule has 0 saturated carbocycles. The molecule has 1 amide bonds. The van der Waals surface area contributed by atoms with Gasteiger partial charge < -0.3 is 9.64 Å². The summed E-state index contributed by atoms with van der Waals surface area (Å²) in [4.78, 5) is 13.9. The Labute approximate surface area is 107 Å². The van der Waals surface area contributed by atoms with Crippen LogP contribution in [0.4, 0.5) is 4.39 Å². The zero-order valence-corrected chi connectivity index (χ0v) is 10.6. The molecule has 0 aromatic heterocycles. The summed E-state index contributed by atoms with van der Waals surface area (Å²) in [7, 11) is 0. The predicted molar refractivity (Wildman–Crippen MR) is 66.6 cm³/mol. The van der Waals surface area contributed by atoms with Crippen LogP contribution in [-0.4, -0.2) is 30.6 Å². The van der Waals surface area contributed by atoms with Crippen LogP contribution in [0.1, 0.15) is 31.4 Å². The fourth-order valence-corrected chi connectivity index (χ4v) is 2.22. The van der Waals surface area contributed by atoms with Gasteiger partial charge in [0, 0.05) is 13.0 Å². The molecule has 1 aromatic rings. The van der Waals surface area contributed by atoms with Gasteiger partial charge in [0.2, 0.25) is 5.91 Å². The molecule has 1 aliphatic rings. The van der Waals surface area contributed by atoms with Gasteiger partial charge >= 0.3 is 0 Å². The highest BCUT2D eigenvalue weighted by molar-refractivity contribution is 5.76. The van der Waals surface area contributed by atoms with Gasteiger partial charge in [-0.05, 0) is 24.1 Å². The molecule has 1 aliphatic heterocycles. The lowest BCUT2D eigenvalue weighted by Crippen LogP contribution is -2.43. The van der Waals surface area contributed by atoms with E-state index in [0.717, 1.165) is 12.0 Å². The van der Waals surface area contributed by atoms with Crippen LogP contribution in [0, 0.1) is 5.82 Å². The third-order valence-electron chi connectivity index (χ3n) is 3.17. The van der Waals surface area contributed by atoms with E-state index in [9.17, 15) is 9.18 Å². The van der Waals surface area contributed by atoms with E-state index in [2.05, 4.69) is 0 Å². The summed E-state index contributed by atoms with van der Waals surface area (Å²) in [5.74, 6) is -0.114. The quantitative estimate of drug-likeness (QED) is 0.826. The smallest absolute Gasteiger partial charge is 0.223 e. The lowest BCUT2D eigenvalue weighted by molar-refractivity contribution is -0.140. The van der Waals surface area contributed by atoms with Gasteiger partial charge in [-0.15, -0.1) is 0 Å². The van der Waals surface area contributed by atoms with E-state index in [1.165, 1.54) is 12.1 Å². The van der Waals surface area contributed by atoms with Crippen molar-refractivity contribution in [2.75, 3.05) is 19.8 Å². The van der Waals surface area contributed by atoms with Gasteiger partial charge in [-0.1, -0.05) is 19.1 Å². The summed E-state index contributed by atoms with van der Waals surface area (Å²) < 4.78 is 18.4. The number of halogens is 1. The SMILES string of the molecule is CCCC(=O)N1CCOCC1c1ccc(F)cc1. The van der Waals surface area contributed by atoms with Crippen molar-refractivity contribution in [3.05, 3.63) is 35.6 Å². The first-order chi connectivity index (χ1) is 8.72. The van der Waals surface area contributed by atoms with E-state index in [-0.39, 0.29) is 17.8 Å². The fourth-order valence-electron chi connectivity index (χ4n) is 2.22. The molecule has 1 unspecified atom stereocenters. The first-order valence-corrected chi connectivity index (χ1v) is 6.35. The monoisotopic (exact) mass is 251 g/mol. The summed E-state index contributed by atoms with van der Waals surface area (Å²) in [6, 6.07) is 6.21. The number of hydrogen-bond donors (Lipinski definition) is 0. The molecule has 18 heavy (non-hydrogen) atoms. The highest BCUT2D eigenvalue weighted by atomic mass is 19.1. The molecular weight excluding hydrogens is 233 g/mol. The fraction of sp³-hybridized carbons (Fsp3) is 0.500. The zero-order valence-electron chi connectivity index (χ0n) is 10.6. The molecule has 1 saturated heterocycles. The molecule has 4 heteroatoms. The lowest BCUT2D eigenvalue weighted by Gasteiger charge is -2.36. The maximum atomic E-state index is 12.9. The summed E-state index contributed by atoms with van der Waals surface area (Å²) in [5.41, 5.74) is 0.931. The minimum absolute atomic E-state index is 0.0848. The first kappa shape index (κ1) is 13.0. The average molecular weight is 251 g/mol. The normalized spacial score (nSPS) is 19.9. The van der Waals surface area contributed by atoms with Crippen LogP contribution in [0.3, 0.4) is 0 Å². The van der Waals surface area contributed by atoms with Crippen molar-refractivity contribution in [3.8, 4) is 0 Å². The highest BCUT2D eigenvalue weighted by Crippen LogP contribution is 2.25. The Balaban J connectivity index is 2.17. The Kier molecular flexibility index (Phi) is 4.31. The number of carbonyl (C=O) groups excluding carboxylic acids is 1. The van der Waals surface area contributed by atoms with E-state index >= 15 is 0 Å². The summed E-state index contributed by atoms with van der Waals surface area (Å²) in [6.45, 7) is 3.67. The minimum atomic E-state index is -0.262. The second kappa shape index (κ2) is 5.96. The topological polar surface area (TPSA) is 29.5 Å². The second-order valence-corrected chi connectivity index (χ2v) is 4.48. The molecule has 0 spiro atoms. The van der Waals surface area contributed by atoms with Crippen LogP contribution >= 0.6 is 0 Å². The van der Waals surface area contributed by atoms with Gasteiger partial charge in [0.25, 0.3) is 0 Å². The Bertz CT molecular complexity index is 405. The molecule has 1 heterocycles. The molecule has 1 fully saturated rings. The van der Waals surface area contributed by atoms with Crippen molar-refractivity contribution in [2.45, 2.75) is 25.8 Å². The van der Waals surface area contributed by atoms with Crippen LogP contribution in [0.15, 0.2) is 24.3 Å². The van der Waals surface area contributed by atoms with Gasteiger partial charge in [0.15, 0.2) is 0 Å². The number of morpholine rings is 1. The van der Waals surface area contributed by atoms with Crippen molar-refractivity contribution in [2.24, 2.45) is 0 Å². The Morgan fingerprint density at radius 1 is 1.44 bits per heavy atom. The standard InChI is InChI=1S/C14H18FNO2/c1-2-3-14(17)16-8-9-18-10-13(16)11-4-6-12(15)7-5-11/h4-7,13H,2-3,8-10H2,1H3. The van der Waals surface area contributed by atoms with Crippen LogP contribution in [0.2, 0.25) is 0 Å². The summed E-state index contributed by atoms with van der Waals surface area (Å²) in [6.07, 6.45) is 1.39. The number of nitrogens with zero attached hydrogens (tertiary/aromatic N) is 1. The molecule has 98 valence electrons. The molecule has 3 nitrogen and oxygen atoms in total. The maximum Gasteiger partial charge on any atom is 0.223 e. The van der Waals surface area contributed by atoms with Gasteiger partial charge in [0.05, 0.1) is 19.3 Å². The zero-order chi connectivity index (χ0) is 13.0. The molecule has 0 N–H and O–H groups in total. The third-order valence-corrected chi connectivity index (χ3v) is 3.17. The van der Waals surface area contributed by atoms with Gasteiger partial charge in [-0.25, -0.2) is 4.39 Å². The van der Waals surface area contributed by atoms with Crippen molar-refractivity contribution in [1.82, 2.24) is 4.90 Å². The predicted octanol–water partition coefficient (Wildman–Crippen LogP) is 2.53. The molecule has 1 aromatic carbocycles. The Morgan fingerprint density at radius 2 is 2.17 bits per heavy atom. The van der Waals surface area contributed by atoms with Crippen LogP contribution < -0.4 is 0 Å². The van der Waals surface area contributed by atoms with E-state index in [1.807, 2.05) is 11.8 Å². The number of rotatable bonds is 3. The number of amides is 1. The number of hydrogen-bond acceptors (Lipinski definition) is 2. The highest BCUT2D eigenvalue weighted by Gasteiger charge is 2.27. The molecule has 0 radical (unpaired) electrons. The van der Waals surface area contributed by atoms with E-state index in [0.29, 0.717) is 26.2 Å². The van der Waals surface area contributed by atoms with E-state index in [4.69, 9.17) is 4.74 Å². The Morgan fingerprint density at radius 3 is 2.83 bits per heavy atom. The molecule has 1 atom stereocenters. The van der Waals surface area contributed by atoms with Gasteiger partial charge in [-0.2, -0.15) is 0 Å². The van der Waals surface area contributed by atoms with E-state index < -0.39 is 0 Å². The average Bonchev–Trinajstić information content (AvgIpc) is 2.40.